The van der Waals surface area contributed by atoms with Crippen molar-refractivity contribution in [2.24, 2.45) is 0 Å². The highest BCUT2D eigenvalue weighted by molar-refractivity contribution is 5.90. The molecule has 122 valence electrons. The summed E-state index contributed by atoms with van der Waals surface area (Å²) < 4.78 is 0. The average molecular weight is 306 g/mol. The van der Waals surface area contributed by atoms with Crippen LogP contribution < -0.4 is 16.0 Å². The van der Waals surface area contributed by atoms with Gasteiger partial charge in [-0.1, -0.05) is 13.8 Å². The van der Waals surface area contributed by atoms with Crippen molar-refractivity contribution in [3.05, 3.63) is 24.0 Å². The van der Waals surface area contributed by atoms with Crippen molar-refractivity contribution < 1.29 is 9.59 Å². The minimum absolute atomic E-state index is 0.0222. The van der Waals surface area contributed by atoms with E-state index in [9.17, 15) is 9.59 Å². The van der Waals surface area contributed by atoms with Crippen LogP contribution in [0.25, 0.3) is 0 Å². The summed E-state index contributed by atoms with van der Waals surface area (Å²) in [6.45, 7) is 5.49. The smallest absolute Gasteiger partial charge is 0.224 e. The third kappa shape index (κ3) is 7.17. The number of rotatable bonds is 9. The molecule has 0 aliphatic rings. The quantitative estimate of drug-likeness (QED) is 0.606. The number of aromatic nitrogens is 1. The molecule has 1 rings (SSSR count). The third-order valence-corrected chi connectivity index (χ3v) is 3.17. The van der Waals surface area contributed by atoms with Crippen molar-refractivity contribution in [2.45, 2.75) is 39.0 Å². The molecule has 6 nitrogen and oxygen atoms in total. The Morgan fingerprint density at radius 1 is 1.14 bits per heavy atom. The standard InChI is InChI=1S/C16H26N4O2/c1-12(2)14-8-7-13(11-19-14)20-16(22)6-4-5-15(21)18-10-9-17-3/h7-8,11-12,17H,4-6,9-10H2,1-3H3,(H,18,21)(H,20,22). The second kappa shape index (κ2) is 9.89. The number of nitrogens with one attached hydrogen (secondary N) is 3. The van der Waals surface area contributed by atoms with Crippen molar-refractivity contribution >= 4 is 17.5 Å². The minimum atomic E-state index is -0.0953. The number of carbonyl (C=O) groups excluding carboxylic acids is 2. The lowest BCUT2D eigenvalue weighted by Gasteiger charge is -2.08. The highest BCUT2D eigenvalue weighted by atomic mass is 16.2. The molecule has 0 aliphatic carbocycles. The normalized spacial score (nSPS) is 10.5. The first kappa shape index (κ1) is 18.1. The molecule has 0 atom stereocenters. The van der Waals surface area contributed by atoms with Crippen molar-refractivity contribution in [1.82, 2.24) is 15.6 Å². The highest BCUT2D eigenvalue weighted by Gasteiger charge is 2.06. The number of nitrogens with zero attached hydrogens (tertiary/aromatic N) is 1. The van der Waals surface area contributed by atoms with Gasteiger partial charge in [0.15, 0.2) is 0 Å². The fourth-order valence-electron chi connectivity index (χ4n) is 1.87. The molecule has 0 bridgehead atoms. The van der Waals surface area contributed by atoms with Crippen LogP contribution in [0.15, 0.2) is 18.3 Å². The molecular weight excluding hydrogens is 280 g/mol. The Labute approximate surface area is 132 Å². The maximum atomic E-state index is 11.8. The number of likely N-dealkylation sites (N-methyl/N-ethyl adjacent to an activating group) is 1. The molecule has 0 aromatic carbocycles. The van der Waals surface area contributed by atoms with Gasteiger partial charge in [0.2, 0.25) is 11.8 Å². The predicted octanol–water partition coefficient (Wildman–Crippen LogP) is 1.65. The van der Waals surface area contributed by atoms with Crippen LogP contribution in [0.5, 0.6) is 0 Å². The minimum Gasteiger partial charge on any atom is -0.355 e. The molecule has 22 heavy (non-hydrogen) atoms. The summed E-state index contributed by atoms with van der Waals surface area (Å²) in [5.74, 6) is 0.249. The molecule has 0 aliphatic heterocycles. The Kier molecular flexibility index (Phi) is 8.14. The van der Waals surface area contributed by atoms with E-state index in [4.69, 9.17) is 0 Å². The van der Waals surface area contributed by atoms with E-state index < -0.39 is 0 Å². The number of anilines is 1. The van der Waals surface area contributed by atoms with Gasteiger partial charge in [-0.2, -0.15) is 0 Å². The molecule has 3 N–H and O–H groups in total. The Balaban J connectivity index is 2.24. The summed E-state index contributed by atoms with van der Waals surface area (Å²) in [7, 11) is 1.83. The highest BCUT2D eigenvalue weighted by Crippen LogP contribution is 2.14. The zero-order valence-electron chi connectivity index (χ0n) is 13.6. The van der Waals surface area contributed by atoms with Crippen molar-refractivity contribution in [2.75, 3.05) is 25.5 Å². The summed E-state index contributed by atoms with van der Waals surface area (Å²) in [6.07, 6.45) is 2.89. The number of hydrogen-bond acceptors (Lipinski definition) is 4. The van der Waals surface area contributed by atoms with Gasteiger partial charge in [0, 0.05) is 31.6 Å². The summed E-state index contributed by atoms with van der Waals surface area (Å²) >= 11 is 0. The molecular formula is C16H26N4O2. The zero-order valence-corrected chi connectivity index (χ0v) is 13.6. The lowest BCUT2D eigenvalue weighted by molar-refractivity contribution is -0.121. The van der Waals surface area contributed by atoms with Crippen molar-refractivity contribution in [1.29, 1.82) is 0 Å². The molecule has 1 aromatic rings. The molecule has 0 saturated carbocycles. The number of amides is 2. The molecule has 2 amide bonds. The second-order valence-corrected chi connectivity index (χ2v) is 5.48. The first-order valence-corrected chi connectivity index (χ1v) is 7.70. The molecule has 0 saturated heterocycles. The second-order valence-electron chi connectivity index (χ2n) is 5.48. The SMILES string of the molecule is CNCCNC(=O)CCCC(=O)Nc1ccc(C(C)C)nc1. The number of hydrogen-bond donors (Lipinski definition) is 3. The fourth-order valence-corrected chi connectivity index (χ4v) is 1.87. The van der Waals surface area contributed by atoms with E-state index in [-0.39, 0.29) is 11.8 Å². The Morgan fingerprint density at radius 3 is 2.45 bits per heavy atom. The van der Waals surface area contributed by atoms with Crippen LogP contribution in [0.2, 0.25) is 0 Å². The monoisotopic (exact) mass is 306 g/mol. The molecule has 0 radical (unpaired) electrons. The van der Waals surface area contributed by atoms with E-state index in [1.54, 1.807) is 6.20 Å². The van der Waals surface area contributed by atoms with E-state index in [1.807, 2.05) is 19.2 Å². The molecule has 0 unspecified atom stereocenters. The summed E-state index contributed by atoms with van der Waals surface area (Å²) in [5.41, 5.74) is 1.68. The van der Waals surface area contributed by atoms with Crippen LogP contribution in [-0.4, -0.2) is 36.9 Å². The maximum absolute atomic E-state index is 11.8. The van der Waals surface area contributed by atoms with Crippen LogP contribution in [0, 0.1) is 0 Å². The molecule has 1 aromatic heterocycles. The fraction of sp³-hybridized carbons (Fsp3) is 0.562. The van der Waals surface area contributed by atoms with Gasteiger partial charge in [-0.05, 0) is 31.5 Å². The van der Waals surface area contributed by atoms with E-state index in [0.717, 1.165) is 12.2 Å². The van der Waals surface area contributed by atoms with Gasteiger partial charge in [0.1, 0.15) is 0 Å². The average Bonchev–Trinajstić information content (AvgIpc) is 2.48. The van der Waals surface area contributed by atoms with Gasteiger partial charge in [0.05, 0.1) is 11.9 Å². The molecule has 0 spiro atoms. The molecule has 1 heterocycles. The maximum Gasteiger partial charge on any atom is 0.224 e. The van der Waals surface area contributed by atoms with Gasteiger partial charge in [-0.3, -0.25) is 14.6 Å². The van der Waals surface area contributed by atoms with Crippen LogP contribution >= 0.6 is 0 Å². The summed E-state index contributed by atoms with van der Waals surface area (Å²) in [6, 6.07) is 3.76. The van der Waals surface area contributed by atoms with Crippen LogP contribution in [0.3, 0.4) is 0 Å². The third-order valence-electron chi connectivity index (χ3n) is 3.17. The first-order chi connectivity index (χ1) is 10.5. The van der Waals surface area contributed by atoms with Gasteiger partial charge in [0.25, 0.3) is 0 Å². The topological polar surface area (TPSA) is 83.1 Å². The molecule has 6 heteroatoms. The van der Waals surface area contributed by atoms with E-state index in [2.05, 4.69) is 34.8 Å². The van der Waals surface area contributed by atoms with Crippen LogP contribution in [0.4, 0.5) is 5.69 Å². The van der Waals surface area contributed by atoms with E-state index >= 15 is 0 Å². The Bertz CT molecular complexity index is 472. The summed E-state index contributed by atoms with van der Waals surface area (Å²) in [5, 5.41) is 8.52. The predicted molar refractivity (Wildman–Crippen MR) is 87.7 cm³/mol. The van der Waals surface area contributed by atoms with Gasteiger partial charge < -0.3 is 16.0 Å². The van der Waals surface area contributed by atoms with Crippen LogP contribution in [-0.2, 0) is 9.59 Å². The van der Waals surface area contributed by atoms with Gasteiger partial charge >= 0.3 is 0 Å². The molecule has 0 fully saturated rings. The van der Waals surface area contributed by atoms with Gasteiger partial charge in [-0.15, -0.1) is 0 Å². The van der Waals surface area contributed by atoms with Crippen molar-refractivity contribution in [3.63, 3.8) is 0 Å². The van der Waals surface area contributed by atoms with Crippen LogP contribution in [0.1, 0.15) is 44.7 Å². The first-order valence-electron chi connectivity index (χ1n) is 7.70. The van der Waals surface area contributed by atoms with E-state index in [0.29, 0.717) is 37.4 Å². The number of carbonyl (C=O) groups is 2. The lowest BCUT2D eigenvalue weighted by Crippen LogP contribution is -2.30. The number of pyridine rings is 1. The van der Waals surface area contributed by atoms with E-state index in [1.165, 1.54) is 0 Å². The van der Waals surface area contributed by atoms with Gasteiger partial charge in [-0.25, -0.2) is 0 Å². The van der Waals surface area contributed by atoms with Crippen molar-refractivity contribution in [3.8, 4) is 0 Å². The largest absolute Gasteiger partial charge is 0.355 e. The lowest BCUT2D eigenvalue weighted by atomic mass is 10.1. The zero-order chi connectivity index (χ0) is 16.4. The Hall–Kier alpha value is -1.95. The summed E-state index contributed by atoms with van der Waals surface area (Å²) in [4.78, 5) is 27.6. The Morgan fingerprint density at radius 2 is 1.86 bits per heavy atom.